The Morgan fingerprint density at radius 2 is 2.25 bits per heavy atom. The average Bonchev–Trinajstić information content (AvgIpc) is 2.89. The Morgan fingerprint density at radius 3 is 2.88 bits per heavy atom. The van der Waals surface area contributed by atoms with Crippen LogP contribution in [0.1, 0.15) is 23.4 Å². The maximum absolute atomic E-state index is 9.71. The van der Waals surface area contributed by atoms with Crippen LogP contribution in [0.2, 0.25) is 0 Å². The highest BCUT2D eigenvalue weighted by Crippen LogP contribution is 2.12. The van der Waals surface area contributed by atoms with Crippen LogP contribution in [-0.2, 0) is 6.54 Å². The van der Waals surface area contributed by atoms with Gasteiger partial charge in [0.15, 0.2) is 0 Å². The van der Waals surface area contributed by atoms with E-state index in [-0.39, 0.29) is 0 Å². The van der Waals surface area contributed by atoms with Crippen molar-refractivity contribution in [3.8, 4) is 0 Å². The molecule has 1 atom stereocenters. The van der Waals surface area contributed by atoms with Crippen molar-refractivity contribution in [3.05, 3.63) is 47.8 Å². The summed E-state index contributed by atoms with van der Waals surface area (Å²) in [5.74, 6) is 2.33. The molecule has 0 fully saturated rings. The largest absolute Gasteiger partial charge is 0.467 e. The van der Waals surface area contributed by atoms with Gasteiger partial charge in [-0.1, -0.05) is 0 Å². The first-order valence-corrected chi connectivity index (χ1v) is 5.23. The molecule has 0 radical (unpaired) electrons. The summed E-state index contributed by atoms with van der Waals surface area (Å²) in [7, 11) is 0. The van der Waals surface area contributed by atoms with E-state index in [1.54, 1.807) is 18.4 Å². The molecule has 2 N–H and O–H groups in total. The fourth-order valence-corrected chi connectivity index (χ4v) is 1.49. The van der Waals surface area contributed by atoms with E-state index < -0.39 is 6.10 Å². The van der Waals surface area contributed by atoms with E-state index in [1.807, 2.05) is 19.1 Å². The lowest BCUT2D eigenvalue weighted by atomic mass is 10.2. The lowest BCUT2D eigenvalue weighted by Crippen LogP contribution is -2.20. The lowest BCUT2D eigenvalue weighted by Gasteiger charge is -2.07. The second-order valence-electron chi connectivity index (χ2n) is 3.67. The molecule has 0 spiro atoms. The number of aliphatic hydroxyl groups is 1. The number of hydrogen-bond acceptors (Lipinski definition) is 4. The molecule has 16 heavy (non-hydrogen) atoms. The van der Waals surface area contributed by atoms with E-state index in [9.17, 15) is 5.11 Å². The van der Waals surface area contributed by atoms with Gasteiger partial charge in [-0.3, -0.25) is 0 Å². The standard InChI is InChI=1S/C12H15NO3/c1-9-4-5-10(16-9)7-13-8-11(14)12-3-2-6-15-12/h2-6,11,13-14H,7-8H2,1H3. The predicted molar refractivity (Wildman–Crippen MR) is 58.8 cm³/mol. The van der Waals surface area contributed by atoms with Crippen LogP contribution in [0, 0.1) is 6.92 Å². The normalized spacial score (nSPS) is 12.9. The monoisotopic (exact) mass is 221 g/mol. The van der Waals surface area contributed by atoms with Gasteiger partial charge in [0.2, 0.25) is 0 Å². The molecule has 1 unspecified atom stereocenters. The number of nitrogens with one attached hydrogen (secondary N) is 1. The summed E-state index contributed by atoms with van der Waals surface area (Å²) < 4.78 is 10.5. The SMILES string of the molecule is Cc1ccc(CNCC(O)c2ccco2)o1. The first-order valence-electron chi connectivity index (χ1n) is 5.23. The summed E-state index contributed by atoms with van der Waals surface area (Å²) in [6.45, 7) is 2.94. The zero-order chi connectivity index (χ0) is 11.4. The summed E-state index contributed by atoms with van der Waals surface area (Å²) >= 11 is 0. The zero-order valence-corrected chi connectivity index (χ0v) is 9.14. The zero-order valence-electron chi connectivity index (χ0n) is 9.14. The van der Waals surface area contributed by atoms with Crippen LogP contribution in [0.15, 0.2) is 39.4 Å². The molecule has 0 aliphatic heterocycles. The Balaban J connectivity index is 1.76. The molecule has 0 aromatic carbocycles. The molecule has 0 saturated carbocycles. The Labute approximate surface area is 93.9 Å². The second-order valence-corrected chi connectivity index (χ2v) is 3.67. The van der Waals surface area contributed by atoms with Crippen LogP contribution in [0.25, 0.3) is 0 Å². The van der Waals surface area contributed by atoms with Crippen molar-refractivity contribution in [1.29, 1.82) is 0 Å². The third-order valence-electron chi connectivity index (χ3n) is 2.30. The van der Waals surface area contributed by atoms with Crippen LogP contribution in [0.4, 0.5) is 0 Å². The van der Waals surface area contributed by atoms with E-state index in [1.165, 1.54) is 0 Å². The summed E-state index contributed by atoms with van der Waals surface area (Å²) in [4.78, 5) is 0. The van der Waals surface area contributed by atoms with Crippen molar-refractivity contribution in [2.24, 2.45) is 0 Å². The summed E-state index contributed by atoms with van der Waals surface area (Å²) in [6.07, 6.45) is 0.931. The Hall–Kier alpha value is -1.52. The van der Waals surface area contributed by atoms with Gasteiger partial charge in [0.25, 0.3) is 0 Å². The molecule has 4 nitrogen and oxygen atoms in total. The van der Waals surface area contributed by atoms with Crippen LogP contribution in [-0.4, -0.2) is 11.7 Å². The number of aryl methyl sites for hydroxylation is 1. The average molecular weight is 221 g/mol. The molecule has 0 aliphatic carbocycles. The lowest BCUT2D eigenvalue weighted by molar-refractivity contribution is 0.146. The smallest absolute Gasteiger partial charge is 0.133 e. The first kappa shape index (κ1) is 11.0. The maximum Gasteiger partial charge on any atom is 0.133 e. The number of rotatable bonds is 5. The van der Waals surface area contributed by atoms with Gasteiger partial charge in [-0.2, -0.15) is 0 Å². The molecule has 2 rings (SSSR count). The first-order chi connectivity index (χ1) is 7.75. The summed E-state index contributed by atoms with van der Waals surface area (Å²) in [5.41, 5.74) is 0. The van der Waals surface area contributed by atoms with Gasteiger partial charge in [0.1, 0.15) is 23.4 Å². The Morgan fingerprint density at radius 1 is 1.38 bits per heavy atom. The fraction of sp³-hybridized carbons (Fsp3) is 0.333. The van der Waals surface area contributed by atoms with Gasteiger partial charge in [-0.25, -0.2) is 0 Å². The molecule has 86 valence electrons. The van der Waals surface area contributed by atoms with E-state index in [2.05, 4.69) is 5.32 Å². The Kier molecular flexibility index (Phi) is 3.44. The molecular formula is C12H15NO3. The molecule has 0 bridgehead atoms. The summed E-state index contributed by atoms with van der Waals surface area (Å²) in [6, 6.07) is 7.35. The van der Waals surface area contributed by atoms with Gasteiger partial charge in [0, 0.05) is 6.54 Å². The van der Waals surface area contributed by atoms with Crippen molar-refractivity contribution in [2.75, 3.05) is 6.54 Å². The highest BCUT2D eigenvalue weighted by atomic mass is 16.4. The predicted octanol–water partition coefficient (Wildman–Crippen LogP) is 2.00. The molecule has 4 heteroatoms. The van der Waals surface area contributed by atoms with E-state index in [0.29, 0.717) is 18.8 Å². The molecule has 2 heterocycles. The molecular weight excluding hydrogens is 206 g/mol. The third kappa shape index (κ3) is 2.74. The van der Waals surface area contributed by atoms with Crippen molar-refractivity contribution in [1.82, 2.24) is 5.32 Å². The van der Waals surface area contributed by atoms with Gasteiger partial charge in [-0.05, 0) is 31.2 Å². The van der Waals surface area contributed by atoms with Gasteiger partial charge >= 0.3 is 0 Å². The molecule has 0 aliphatic rings. The third-order valence-corrected chi connectivity index (χ3v) is 2.30. The van der Waals surface area contributed by atoms with E-state index in [4.69, 9.17) is 8.83 Å². The number of furan rings is 2. The molecule has 2 aromatic heterocycles. The Bertz CT molecular complexity index is 419. The fourth-order valence-electron chi connectivity index (χ4n) is 1.49. The van der Waals surface area contributed by atoms with Crippen molar-refractivity contribution >= 4 is 0 Å². The minimum atomic E-state index is -0.619. The van der Waals surface area contributed by atoms with Crippen LogP contribution in [0.5, 0.6) is 0 Å². The minimum absolute atomic E-state index is 0.438. The minimum Gasteiger partial charge on any atom is -0.467 e. The summed E-state index contributed by atoms with van der Waals surface area (Å²) in [5, 5.41) is 12.8. The maximum atomic E-state index is 9.71. The van der Waals surface area contributed by atoms with Crippen molar-refractivity contribution < 1.29 is 13.9 Å². The molecule has 0 saturated heterocycles. The number of aliphatic hydroxyl groups excluding tert-OH is 1. The highest BCUT2D eigenvalue weighted by molar-refractivity contribution is 5.06. The van der Waals surface area contributed by atoms with Gasteiger partial charge in [-0.15, -0.1) is 0 Å². The highest BCUT2D eigenvalue weighted by Gasteiger charge is 2.09. The van der Waals surface area contributed by atoms with Crippen LogP contribution in [0.3, 0.4) is 0 Å². The van der Waals surface area contributed by atoms with Crippen LogP contribution < -0.4 is 5.32 Å². The molecule has 2 aromatic rings. The quantitative estimate of drug-likeness (QED) is 0.810. The number of hydrogen-bond donors (Lipinski definition) is 2. The van der Waals surface area contributed by atoms with Crippen molar-refractivity contribution in [2.45, 2.75) is 19.6 Å². The van der Waals surface area contributed by atoms with E-state index >= 15 is 0 Å². The van der Waals surface area contributed by atoms with Gasteiger partial charge in [0.05, 0.1) is 12.8 Å². The second kappa shape index (κ2) is 5.01. The van der Waals surface area contributed by atoms with Gasteiger partial charge < -0.3 is 19.3 Å². The van der Waals surface area contributed by atoms with Crippen molar-refractivity contribution in [3.63, 3.8) is 0 Å². The topological polar surface area (TPSA) is 58.5 Å². The van der Waals surface area contributed by atoms with E-state index in [0.717, 1.165) is 11.5 Å². The molecule has 0 amide bonds. The van der Waals surface area contributed by atoms with Crippen LogP contribution >= 0.6 is 0 Å².